The Morgan fingerprint density at radius 3 is 1.06 bits per heavy atom. The number of Topliss-reactive ketones (excluding diaryl/α,β-unsaturated/α-hetero) is 1. The van der Waals surface area contributed by atoms with Gasteiger partial charge in [-0.2, -0.15) is 0 Å². The standard InChI is InChI=1S/C50H71NO17/c1-51(50(54)68-41-47-45-13-7-5-11-43(45)44-12-6-8-14-46(44)47)15-16-55-17-18-56-19-20-57-21-22-58-23-24-59-25-26-60-27-28-61-29-30-62-31-32-63-33-34-64-35-36-65-37-38-66-39-40-67-49(53)48(52)42-9-3-2-4-10-42/h2-14,47H,15-41H2,1H3. The van der Waals surface area contributed by atoms with Gasteiger partial charge in [0.25, 0.3) is 5.78 Å². The van der Waals surface area contributed by atoms with Crippen LogP contribution in [0.4, 0.5) is 4.79 Å². The van der Waals surface area contributed by atoms with Gasteiger partial charge in [-0.15, -0.1) is 0 Å². The summed E-state index contributed by atoms with van der Waals surface area (Å²) in [6.45, 7) is 11.0. The van der Waals surface area contributed by atoms with Crippen LogP contribution in [0.15, 0.2) is 78.9 Å². The van der Waals surface area contributed by atoms with E-state index in [0.29, 0.717) is 164 Å². The summed E-state index contributed by atoms with van der Waals surface area (Å²) in [5.41, 5.74) is 5.06. The number of hydrogen-bond donors (Lipinski definition) is 0. The van der Waals surface area contributed by atoms with Crippen LogP contribution in [0, 0.1) is 0 Å². The second-order valence-electron chi connectivity index (χ2n) is 14.9. The number of hydrogen-bond acceptors (Lipinski definition) is 17. The van der Waals surface area contributed by atoms with E-state index >= 15 is 0 Å². The molecule has 0 saturated heterocycles. The molecular weight excluding hydrogens is 887 g/mol. The van der Waals surface area contributed by atoms with Gasteiger partial charge in [0.1, 0.15) is 13.2 Å². The molecule has 0 atom stereocenters. The van der Waals surface area contributed by atoms with Crippen molar-refractivity contribution in [2.45, 2.75) is 5.92 Å². The Labute approximate surface area is 400 Å². The van der Waals surface area contributed by atoms with Crippen LogP contribution in [0.3, 0.4) is 0 Å². The Kier molecular flexibility index (Phi) is 31.0. The lowest BCUT2D eigenvalue weighted by molar-refractivity contribution is -0.139. The molecule has 4 rings (SSSR count). The highest BCUT2D eigenvalue weighted by molar-refractivity contribution is 6.40. The molecule has 0 aliphatic heterocycles. The van der Waals surface area contributed by atoms with Crippen molar-refractivity contribution in [3.8, 4) is 11.1 Å². The number of esters is 1. The van der Waals surface area contributed by atoms with Crippen molar-refractivity contribution < 1.29 is 80.7 Å². The van der Waals surface area contributed by atoms with Crippen LogP contribution in [-0.4, -0.2) is 208 Å². The maximum atomic E-state index is 12.6. The zero-order valence-corrected chi connectivity index (χ0v) is 39.6. The molecular formula is C50H71NO17. The van der Waals surface area contributed by atoms with E-state index < -0.39 is 11.8 Å². The number of carbonyl (C=O) groups is 3. The minimum absolute atomic E-state index is 0.0105. The minimum atomic E-state index is -0.903. The van der Waals surface area contributed by atoms with Crippen molar-refractivity contribution in [3.63, 3.8) is 0 Å². The summed E-state index contributed by atoms with van der Waals surface area (Å²) in [6.07, 6.45) is -0.372. The van der Waals surface area contributed by atoms with Crippen molar-refractivity contribution >= 4 is 17.8 Å². The number of fused-ring (bicyclic) bond motifs is 3. The smallest absolute Gasteiger partial charge is 0.409 e. The third-order valence-electron chi connectivity index (χ3n) is 9.99. The Morgan fingerprint density at radius 1 is 0.382 bits per heavy atom. The van der Waals surface area contributed by atoms with E-state index in [-0.39, 0.29) is 31.8 Å². The third-order valence-corrected chi connectivity index (χ3v) is 9.99. The molecule has 0 spiro atoms. The number of amides is 1. The molecule has 1 aliphatic rings. The average molecular weight is 958 g/mol. The molecule has 0 unspecified atom stereocenters. The van der Waals surface area contributed by atoms with E-state index in [1.54, 1.807) is 37.4 Å². The topological polar surface area (TPSA) is 184 Å². The minimum Gasteiger partial charge on any atom is -0.457 e. The monoisotopic (exact) mass is 957 g/mol. The van der Waals surface area contributed by atoms with Gasteiger partial charge in [-0.25, -0.2) is 9.59 Å². The maximum absolute atomic E-state index is 12.6. The van der Waals surface area contributed by atoms with Crippen molar-refractivity contribution in [1.29, 1.82) is 0 Å². The third kappa shape index (κ3) is 24.2. The van der Waals surface area contributed by atoms with Crippen molar-refractivity contribution in [3.05, 3.63) is 95.6 Å². The van der Waals surface area contributed by atoms with Gasteiger partial charge < -0.3 is 71.2 Å². The van der Waals surface area contributed by atoms with Crippen LogP contribution < -0.4 is 0 Å². The van der Waals surface area contributed by atoms with Gasteiger partial charge in [-0.1, -0.05) is 78.9 Å². The van der Waals surface area contributed by atoms with Gasteiger partial charge in [-0.3, -0.25) is 4.79 Å². The molecule has 0 fully saturated rings. The molecule has 378 valence electrons. The van der Waals surface area contributed by atoms with Crippen LogP contribution in [-0.2, 0) is 71.1 Å². The van der Waals surface area contributed by atoms with Crippen molar-refractivity contribution in [1.82, 2.24) is 4.90 Å². The lowest BCUT2D eigenvalue weighted by Gasteiger charge is -2.19. The fraction of sp³-hybridized carbons (Fsp3) is 0.580. The van der Waals surface area contributed by atoms with Gasteiger partial charge in [-0.05, 0) is 22.3 Å². The zero-order valence-electron chi connectivity index (χ0n) is 39.6. The summed E-state index contributed by atoms with van der Waals surface area (Å²) < 4.78 is 76.6. The van der Waals surface area contributed by atoms with Gasteiger partial charge in [0, 0.05) is 25.1 Å². The predicted molar refractivity (Wildman–Crippen MR) is 249 cm³/mol. The van der Waals surface area contributed by atoms with Crippen LogP contribution >= 0.6 is 0 Å². The predicted octanol–water partition coefficient (Wildman–Crippen LogP) is 4.49. The maximum Gasteiger partial charge on any atom is 0.409 e. The molecule has 18 heteroatoms. The summed E-state index contributed by atoms with van der Waals surface area (Å²) in [6, 6.07) is 24.8. The van der Waals surface area contributed by atoms with Crippen molar-refractivity contribution in [2.75, 3.05) is 185 Å². The molecule has 1 amide bonds. The highest BCUT2D eigenvalue weighted by Gasteiger charge is 2.29. The molecule has 3 aromatic carbocycles. The Bertz CT molecular complexity index is 1720. The Morgan fingerprint density at radius 2 is 0.691 bits per heavy atom. The second kappa shape index (κ2) is 37.5. The fourth-order valence-corrected chi connectivity index (χ4v) is 6.48. The molecule has 0 saturated carbocycles. The number of carbonyl (C=O) groups excluding carboxylic acids is 3. The van der Waals surface area contributed by atoms with Gasteiger partial charge in [0.15, 0.2) is 0 Å². The van der Waals surface area contributed by atoms with E-state index in [1.807, 2.05) is 24.3 Å². The summed E-state index contributed by atoms with van der Waals surface area (Å²) in [4.78, 5) is 37.9. The highest BCUT2D eigenvalue weighted by Crippen LogP contribution is 2.44. The van der Waals surface area contributed by atoms with Crippen LogP contribution in [0.1, 0.15) is 27.4 Å². The number of rotatable bonds is 43. The lowest BCUT2D eigenvalue weighted by atomic mass is 9.98. The molecule has 0 radical (unpaired) electrons. The number of ether oxygens (including phenoxy) is 14. The molecule has 0 aromatic heterocycles. The van der Waals surface area contributed by atoms with E-state index in [2.05, 4.69) is 24.3 Å². The fourth-order valence-electron chi connectivity index (χ4n) is 6.48. The Hall–Kier alpha value is -4.41. The van der Waals surface area contributed by atoms with E-state index in [1.165, 1.54) is 27.2 Å². The van der Waals surface area contributed by atoms with Crippen LogP contribution in [0.25, 0.3) is 11.1 Å². The molecule has 0 N–H and O–H groups in total. The van der Waals surface area contributed by atoms with Crippen LogP contribution in [0.2, 0.25) is 0 Å². The summed E-state index contributed by atoms with van der Waals surface area (Å²) in [5.74, 6) is -1.55. The zero-order chi connectivity index (χ0) is 48.0. The van der Waals surface area contributed by atoms with Crippen molar-refractivity contribution in [2.24, 2.45) is 0 Å². The highest BCUT2D eigenvalue weighted by atomic mass is 16.6. The largest absolute Gasteiger partial charge is 0.457 e. The quantitative estimate of drug-likeness (QED) is 0.0334. The van der Waals surface area contributed by atoms with E-state index in [4.69, 9.17) is 66.3 Å². The number of benzene rings is 3. The molecule has 0 heterocycles. The summed E-state index contributed by atoms with van der Waals surface area (Å²) in [7, 11) is 1.71. The molecule has 18 nitrogen and oxygen atoms in total. The average Bonchev–Trinajstić information content (AvgIpc) is 3.69. The van der Waals surface area contributed by atoms with Crippen LogP contribution in [0.5, 0.6) is 0 Å². The van der Waals surface area contributed by atoms with E-state index in [0.717, 1.165) is 0 Å². The van der Waals surface area contributed by atoms with Gasteiger partial charge >= 0.3 is 12.1 Å². The van der Waals surface area contributed by atoms with E-state index in [9.17, 15) is 14.4 Å². The molecule has 1 aliphatic carbocycles. The number of ketones is 1. The summed E-state index contributed by atoms with van der Waals surface area (Å²) in [5, 5.41) is 0. The molecule has 0 bridgehead atoms. The number of likely N-dealkylation sites (N-methyl/N-ethyl adjacent to an activating group) is 1. The number of nitrogens with zero attached hydrogens (tertiary/aromatic N) is 1. The molecule has 68 heavy (non-hydrogen) atoms. The molecule has 3 aromatic rings. The Balaban J connectivity index is 0.763. The first-order valence-electron chi connectivity index (χ1n) is 23.3. The van der Waals surface area contributed by atoms with Gasteiger partial charge in [0.2, 0.25) is 0 Å². The first-order valence-corrected chi connectivity index (χ1v) is 23.3. The summed E-state index contributed by atoms with van der Waals surface area (Å²) >= 11 is 0. The first-order chi connectivity index (χ1) is 33.6. The van der Waals surface area contributed by atoms with Gasteiger partial charge in [0.05, 0.1) is 159 Å². The second-order valence-corrected chi connectivity index (χ2v) is 14.9. The normalized spacial score (nSPS) is 12.0. The lowest BCUT2D eigenvalue weighted by Crippen LogP contribution is -2.32. The first kappa shape index (κ1) is 56.2. The SMILES string of the molecule is CN(CCOCCOCCOCCOCCOCCOCCOCCOCCOCCOCCOCCOCCOC(=O)C(=O)c1ccccc1)C(=O)OCC1c2ccccc2-c2ccccc21.